The van der Waals surface area contributed by atoms with Crippen LogP contribution in [0.4, 0.5) is 0 Å². The van der Waals surface area contributed by atoms with Crippen LogP contribution in [0.5, 0.6) is 0 Å². The van der Waals surface area contributed by atoms with Crippen molar-refractivity contribution in [2.24, 2.45) is 0 Å². The molecule has 7 N–H and O–H groups in total. The third-order valence-corrected chi connectivity index (χ3v) is 4.47. The van der Waals surface area contributed by atoms with E-state index in [0.717, 1.165) is 0 Å². The fourth-order valence-corrected chi connectivity index (χ4v) is 3.02. The van der Waals surface area contributed by atoms with Crippen molar-refractivity contribution in [3.8, 4) is 0 Å². The van der Waals surface area contributed by atoms with E-state index < -0.39 is 68.0 Å². The van der Waals surface area contributed by atoms with Crippen LogP contribution < -0.4 is 0 Å². The van der Waals surface area contributed by atoms with Gasteiger partial charge >= 0.3 is 149 Å². The predicted molar refractivity (Wildman–Crippen MR) is 67.5 cm³/mol. The van der Waals surface area contributed by atoms with Crippen LogP contribution in [0.25, 0.3) is 0 Å². The molecule has 2 aliphatic heterocycles. The van der Waals surface area contributed by atoms with Gasteiger partial charge in [-0.1, -0.05) is 0 Å². The zero-order chi connectivity index (χ0) is 18.1. The molecule has 0 radical (unpaired) electrons. The molecule has 146 valence electrons. The summed E-state index contributed by atoms with van der Waals surface area (Å²) in [5.41, 5.74) is 0. The van der Waals surface area contributed by atoms with Gasteiger partial charge in [-0.15, -0.1) is 0 Å². The summed E-state index contributed by atoms with van der Waals surface area (Å²) in [6.07, 6.45) is -12.0. The van der Waals surface area contributed by atoms with Crippen molar-refractivity contribution in [1.29, 1.82) is 0 Å². The van der Waals surface area contributed by atoms with Crippen LogP contribution in [0.15, 0.2) is 0 Å². The number of ether oxygens (including phenoxy) is 3. The minimum atomic E-state index is -2.19. The van der Waals surface area contributed by atoms with E-state index in [-0.39, 0.29) is 6.61 Å². The van der Waals surface area contributed by atoms with E-state index in [4.69, 9.17) is 22.6 Å². The fourth-order valence-electron chi connectivity index (χ4n) is 2.67. The molecule has 2 heterocycles. The molecular formula is C12H21AuO11. The molecule has 9 atom stereocenters. The molecule has 11 nitrogen and oxygen atoms in total. The second-order valence-electron chi connectivity index (χ2n) is 5.63. The summed E-state index contributed by atoms with van der Waals surface area (Å²) < 4.78 is 20.6. The van der Waals surface area contributed by atoms with Gasteiger partial charge in [-0.2, -0.15) is 0 Å². The molecule has 0 amide bonds. The quantitative estimate of drug-likeness (QED) is 0.161. The monoisotopic (exact) mass is 538 g/mol. The normalized spacial score (nSPS) is 49.5. The van der Waals surface area contributed by atoms with Crippen LogP contribution >= 0.6 is 0 Å². The Labute approximate surface area is 149 Å². The fraction of sp³-hybridized carbons (Fsp3) is 1.00. The first-order valence-corrected chi connectivity index (χ1v) is 8.03. The van der Waals surface area contributed by atoms with E-state index in [1.165, 1.54) is 0 Å². The van der Waals surface area contributed by atoms with Gasteiger partial charge in [0.2, 0.25) is 0 Å². The summed E-state index contributed by atoms with van der Waals surface area (Å²) in [5, 5.41) is 68.3. The van der Waals surface area contributed by atoms with Crippen molar-refractivity contribution in [3.63, 3.8) is 0 Å². The maximum atomic E-state index is 10.1. The molecule has 0 aromatic heterocycles. The summed E-state index contributed by atoms with van der Waals surface area (Å²) >= 11 is 1.73. The molecule has 0 saturated carbocycles. The molecule has 0 aromatic carbocycles. The summed E-state index contributed by atoms with van der Waals surface area (Å²) in [4.78, 5) is 0. The molecule has 2 fully saturated rings. The third kappa shape index (κ3) is 3.70. The van der Waals surface area contributed by atoms with Crippen molar-refractivity contribution < 1.29 is 74.7 Å². The number of rotatable bonds is 6. The Morgan fingerprint density at radius 1 is 0.917 bits per heavy atom. The Bertz CT molecular complexity index is 414. The average molecular weight is 538 g/mol. The van der Waals surface area contributed by atoms with Crippen molar-refractivity contribution in [2.75, 3.05) is 19.8 Å². The molecule has 24 heavy (non-hydrogen) atoms. The van der Waals surface area contributed by atoms with E-state index in [9.17, 15) is 30.6 Å². The summed E-state index contributed by atoms with van der Waals surface area (Å²) in [6, 6.07) is 0. The Hall–Kier alpha value is 0.300. The molecule has 0 spiro atoms. The molecule has 0 aromatic rings. The van der Waals surface area contributed by atoms with Gasteiger partial charge < -0.3 is 0 Å². The molecule has 0 unspecified atom stereocenters. The molecule has 2 saturated heterocycles. The Balaban J connectivity index is 2.17. The second kappa shape index (κ2) is 8.33. The Morgan fingerprint density at radius 3 is 2.08 bits per heavy atom. The number of hydrogen-bond acceptors (Lipinski definition) is 11. The SMILES string of the molecule is OC[C@H]1O[C@@](CO)(O[C@H]2O[C@H](C[O][Au])[C@@H](O)[C@H](O)[C@H]2O)[C@@H](O)[C@@H]1O. The van der Waals surface area contributed by atoms with E-state index >= 15 is 0 Å². The Kier molecular flexibility index (Phi) is 7.15. The van der Waals surface area contributed by atoms with Gasteiger partial charge in [0, 0.05) is 0 Å². The van der Waals surface area contributed by atoms with Gasteiger partial charge in [0.05, 0.1) is 0 Å². The summed E-state index contributed by atoms with van der Waals surface area (Å²) in [5.74, 6) is -2.19. The number of hydrogen-bond donors (Lipinski definition) is 7. The number of aliphatic hydroxyl groups excluding tert-OH is 7. The average Bonchev–Trinajstić information content (AvgIpc) is 2.82. The van der Waals surface area contributed by atoms with Crippen LogP contribution in [-0.2, 0) is 38.9 Å². The second-order valence-corrected chi connectivity index (χ2v) is 6.26. The molecular weight excluding hydrogens is 517 g/mol. The number of aliphatic hydroxyl groups is 7. The zero-order valence-electron chi connectivity index (χ0n) is 12.3. The van der Waals surface area contributed by atoms with Crippen LogP contribution in [0.1, 0.15) is 0 Å². The van der Waals surface area contributed by atoms with Gasteiger partial charge in [0.25, 0.3) is 0 Å². The first-order valence-electron chi connectivity index (χ1n) is 7.14. The first-order chi connectivity index (χ1) is 11.3. The van der Waals surface area contributed by atoms with Crippen molar-refractivity contribution in [2.45, 2.75) is 54.8 Å². The van der Waals surface area contributed by atoms with Crippen molar-refractivity contribution >= 4 is 0 Å². The predicted octanol–water partition coefficient (Wildman–Crippen LogP) is -4.91. The van der Waals surface area contributed by atoms with Gasteiger partial charge in [-0.25, -0.2) is 0 Å². The van der Waals surface area contributed by atoms with Crippen LogP contribution in [0, 0.1) is 0 Å². The molecule has 0 aliphatic carbocycles. The molecule has 12 heteroatoms. The van der Waals surface area contributed by atoms with E-state index in [2.05, 4.69) is 0 Å². The summed E-state index contributed by atoms with van der Waals surface area (Å²) in [6.45, 7) is -1.73. The zero-order valence-corrected chi connectivity index (χ0v) is 14.5. The van der Waals surface area contributed by atoms with Gasteiger partial charge in [0.15, 0.2) is 0 Å². The van der Waals surface area contributed by atoms with Crippen LogP contribution in [0.3, 0.4) is 0 Å². The molecule has 2 rings (SSSR count). The molecule has 0 bridgehead atoms. The standard InChI is InChI=1S/C12H21O11.Au/c13-1-4-6(16)8(18)9(19)11(21-4)23-12(3-15)10(20)7(17)5(2-14)22-12;/h4-11,14-20H,1-3H2;/q-1;+1/t4-,5-,6-,7-,8+,9-,10+,11-,12+;/m1./s1. The van der Waals surface area contributed by atoms with E-state index in [1.807, 2.05) is 0 Å². The van der Waals surface area contributed by atoms with Gasteiger partial charge in [0.1, 0.15) is 0 Å². The first kappa shape index (κ1) is 20.6. The van der Waals surface area contributed by atoms with E-state index in [1.54, 1.807) is 21.5 Å². The van der Waals surface area contributed by atoms with E-state index in [0.29, 0.717) is 0 Å². The summed E-state index contributed by atoms with van der Waals surface area (Å²) in [7, 11) is 0. The van der Waals surface area contributed by atoms with Gasteiger partial charge in [-0.3, -0.25) is 0 Å². The minimum absolute atomic E-state index is 0.147. The van der Waals surface area contributed by atoms with Crippen LogP contribution in [-0.4, -0.2) is 110 Å². The maximum absolute atomic E-state index is 10.1. The van der Waals surface area contributed by atoms with Gasteiger partial charge in [-0.05, 0) is 0 Å². The van der Waals surface area contributed by atoms with Crippen LogP contribution in [0.2, 0.25) is 0 Å². The topological polar surface area (TPSA) is 179 Å². The third-order valence-electron chi connectivity index (χ3n) is 4.10. The molecule has 2 aliphatic rings. The Morgan fingerprint density at radius 2 is 1.58 bits per heavy atom. The van der Waals surface area contributed by atoms with Crippen molar-refractivity contribution in [3.05, 3.63) is 0 Å². The van der Waals surface area contributed by atoms with Crippen molar-refractivity contribution in [1.82, 2.24) is 0 Å².